The minimum absolute atomic E-state index is 0.0103. The van der Waals surface area contributed by atoms with Crippen molar-refractivity contribution in [2.75, 3.05) is 13.2 Å². The molecule has 1 heterocycles. The molecule has 2 fully saturated rings. The second-order valence-corrected chi connectivity index (χ2v) is 9.46. The Kier molecular flexibility index (Phi) is 5.35. The number of nitrogens with zero attached hydrogens (tertiary/aromatic N) is 1. The van der Waals surface area contributed by atoms with Gasteiger partial charge in [-0.3, -0.25) is 0 Å². The van der Waals surface area contributed by atoms with Gasteiger partial charge in [0.2, 0.25) is 10.0 Å². The number of benzene rings is 1. The predicted molar refractivity (Wildman–Crippen MR) is 93.2 cm³/mol. The summed E-state index contributed by atoms with van der Waals surface area (Å²) in [5.74, 6) is -0.0469. The van der Waals surface area contributed by atoms with Crippen LogP contribution in [-0.4, -0.2) is 48.3 Å². The van der Waals surface area contributed by atoms with E-state index < -0.39 is 33.1 Å². The summed E-state index contributed by atoms with van der Waals surface area (Å²) in [6.07, 6.45) is -3.01. The van der Waals surface area contributed by atoms with Crippen LogP contribution < -0.4 is 5.73 Å². The Morgan fingerprint density at radius 1 is 1.23 bits per heavy atom. The summed E-state index contributed by atoms with van der Waals surface area (Å²) in [6.45, 7) is -0.109. The van der Waals surface area contributed by atoms with Crippen LogP contribution in [-0.2, 0) is 16.2 Å². The molecule has 5 unspecified atom stereocenters. The van der Waals surface area contributed by atoms with E-state index in [2.05, 4.69) is 12.6 Å². The molecule has 146 valence electrons. The molecule has 5 nitrogen and oxygen atoms in total. The van der Waals surface area contributed by atoms with E-state index in [4.69, 9.17) is 5.73 Å². The Bertz CT molecular complexity index is 755. The molecule has 0 spiro atoms. The Hall–Kier alpha value is -0.810. The summed E-state index contributed by atoms with van der Waals surface area (Å²) < 4.78 is 65.5. The molecule has 1 saturated carbocycles. The predicted octanol–water partition coefficient (Wildman–Crippen LogP) is 1.72. The monoisotopic (exact) mass is 410 g/mol. The van der Waals surface area contributed by atoms with Gasteiger partial charge < -0.3 is 10.8 Å². The zero-order chi connectivity index (χ0) is 19.3. The smallest absolute Gasteiger partial charge is 0.395 e. The van der Waals surface area contributed by atoms with E-state index in [-0.39, 0.29) is 35.9 Å². The average Bonchev–Trinajstić information content (AvgIpc) is 3.14. The second kappa shape index (κ2) is 6.97. The Morgan fingerprint density at radius 3 is 2.38 bits per heavy atom. The Balaban J connectivity index is 1.95. The number of thiol groups is 1. The van der Waals surface area contributed by atoms with Crippen LogP contribution in [0.3, 0.4) is 0 Å². The van der Waals surface area contributed by atoms with Gasteiger partial charge in [0.1, 0.15) is 0 Å². The van der Waals surface area contributed by atoms with Crippen molar-refractivity contribution in [3.05, 3.63) is 29.8 Å². The Morgan fingerprint density at radius 2 is 1.85 bits per heavy atom. The van der Waals surface area contributed by atoms with Crippen LogP contribution in [0.15, 0.2) is 29.2 Å². The standard InChI is InChI=1S/C16H21F3N2O3S2/c17-16(18,19)9-1-3-10(4-2-9)26(23,24)21-7-12-11(5-6-13(12)20)15(21)14(25)8-22/h1-4,11-15,22,25H,5-8,20H2. The van der Waals surface area contributed by atoms with Crippen molar-refractivity contribution in [3.8, 4) is 0 Å². The third kappa shape index (κ3) is 3.37. The van der Waals surface area contributed by atoms with Crippen molar-refractivity contribution in [3.63, 3.8) is 0 Å². The van der Waals surface area contributed by atoms with Crippen LogP contribution >= 0.6 is 12.6 Å². The Labute approximate surface area is 155 Å². The van der Waals surface area contributed by atoms with Crippen molar-refractivity contribution in [2.24, 2.45) is 17.6 Å². The van der Waals surface area contributed by atoms with Gasteiger partial charge in [-0.05, 0) is 48.9 Å². The third-order valence-corrected chi connectivity index (χ3v) is 7.81. The number of alkyl halides is 3. The van der Waals surface area contributed by atoms with Crippen LogP contribution in [0.4, 0.5) is 13.2 Å². The largest absolute Gasteiger partial charge is 0.416 e. The molecule has 3 N–H and O–H groups in total. The second-order valence-electron chi connectivity index (χ2n) is 6.91. The first kappa shape index (κ1) is 19.9. The number of nitrogens with two attached hydrogens (primary N) is 1. The number of halogens is 3. The van der Waals surface area contributed by atoms with Gasteiger partial charge in [-0.1, -0.05) is 0 Å². The van der Waals surface area contributed by atoms with Crippen LogP contribution in [0.1, 0.15) is 18.4 Å². The van der Waals surface area contributed by atoms with E-state index in [0.717, 1.165) is 37.1 Å². The van der Waals surface area contributed by atoms with E-state index in [1.807, 2.05) is 0 Å². The van der Waals surface area contributed by atoms with E-state index in [1.165, 1.54) is 4.31 Å². The first-order valence-corrected chi connectivity index (χ1v) is 10.3. The van der Waals surface area contributed by atoms with Gasteiger partial charge in [0.15, 0.2) is 0 Å². The SMILES string of the molecule is NC1CCC2C1CN(S(=O)(=O)c1ccc(C(F)(F)F)cc1)C2C(S)CO. The van der Waals surface area contributed by atoms with Gasteiger partial charge in [-0.25, -0.2) is 8.42 Å². The fourth-order valence-corrected chi connectivity index (χ4v) is 6.38. The molecule has 1 aromatic carbocycles. The highest BCUT2D eigenvalue weighted by molar-refractivity contribution is 7.89. The van der Waals surface area contributed by atoms with Gasteiger partial charge in [0.25, 0.3) is 0 Å². The van der Waals surface area contributed by atoms with Crippen LogP contribution in [0.25, 0.3) is 0 Å². The molecule has 10 heteroatoms. The summed E-state index contributed by atoms with van der Waals surface area (Å²) in [4.78, 5) is -0.206. The lowest BCUT2D eigenvalue weighted by Gasteiger charge is -2.30. The zero-order valence-corrected chi connectivity index (χ0v) is 15.5. The first-order chi connectivity index (χ1) is 12.1. The van der Waals surface area contributed by atoms with E-state index in [9.17, 15) is 26.7 Å². The normalized spacial score (nSPS) is 31.2. The first-order valence-electron chi connectivity index (χ1n) is 8.31. The summed E-state index contributed by atoms with van der Waals surface area (Å²) in [5, 5.41) is 8.92. The number of hydrogen-bond acceptors (Lipinski definition) is 5. The highest BCUT2D eigenvalue weighted by Gasteiger charge is 2.53. The van der Waals surface area contributed by atoms with Crippen molar-refractivity contribution in [1.29, 1.82) is 0 Å². The minimum Gasteiger partial charge on any atom is -0.395 e. The molecular weight excluding hydrogens is 389 g/mol. The van der Waals surface area contributed by atoms with Crippen molar-refractivity contribution < 1.29 is 26.7 Å². The number of rotatable bonds is 4. The number of aliphatic hydroxyl groups is 1. The molecular formula is C16H21F3N2O3S2. The van der Waals surface area contributed by atoms with Gasteiger partial charge in [0.05, 0.1) is 17.1 Å². The quantitative estimate of drug-likeness (QED) is 0.660. The molecule has 0 bridgehead atoms. The minimum atomic E-state index is -4.53. The fraction of sp³-hybridized carbons (Fsp3) is 0.625. The van der Waals surface area contributed by atoms with E-state index in [0.29, 0.717) is 0 Å². The van der Waals surface area contributed by atoms with Crippen LogP contribution in [0.5, 0.6) is 0 Å². The van der Waals surface area contributed by atoms with Crippen LogP contribution in [0.2, 0.25) is 0 Å². The number of aliphatic hydroxyl groups excluding tert-OH is 1. The molecule has 3 rings (SSSR count). The highest BCUT2D eigenvalue weighted by Crippen LogP contribution is 2.45. The van der Waals surface area contributed by atoms with Crippen molar-refractivity contribution >= 4 is 22.7 Å². The molecule has 5 atom stereocenters. The van der Waals surface area contributed by atoms with Gasteiger partial charge >= 0.3 is 6.18 Å². The maximum atomic E-state index is 13.1. The number of hydrogen-bond donors (Lipinski definition) is 3. The van der Waals surface area contributed by atoms with Gasteiger partial charge in [-0.15, -0.1) is 0 Å². The molecule has 0 aromatic heterocycles. The molecule has 1 aromatic rings. The lowest BCUT2D eigenvalue weighted by molar-refractivity contribution is -0.137. The van der Waals surface area contributed by atoms with Crippen molar-refractivity contribution in [2.45, 2.75) is 41.2 Å². The molecule has 1 aliphatic carbocycles. The molecule has 1 saturated heterocycles. The van der Waals surface area contributed by atoms with Gasteiger partial charge in [0, 0.05) is 23.9 Å². The number of fused-ring (bicyclic) bond motifs is 1. The fourth-order valence-electron chi connectivity index (χ4n) is 4.16. The lowest BCUT2D eigenvalue weighted by Crippen LogP contribution is -2.44. The summed E-state index contributed by atoms with van der Waals surface area (Å²) in [6, 6.07) is 2.79. The van der Waals surface area contributed by atoms with E-state index in [1.54, 1.807) is 0 Å². The topological polar surface area (TPSA) is 83.6 Å². The maximum absolute atomic E-state index is 13.1. The van der Waals surface area contributed by atoms with Gasteiger partial charge in [-0.2, -0.15) is 30.1 Å². The molecule has 2 aliphatic rings. The summed E-state index contributed by atoms with van der Waals surface area (Å²) >= 11 is 4.35. The maximum Gasteiger partial charge on any atom is 0.416 e. The molecule has 26 heavy (non-hydrogen) atoms. The molecule has 0 amide bonds. The molecule has 0 radical (unpaired) electrons. The van der Waals surface area contributed by atoms with E-state index >= 15 is 0 Å². The summed E-state index contributed by atoms with van der Waals surface area (Å²) in [5.41, 5.74) is 5.20. The third-order valence-electron chi connectivity index (χ3n) is 5.46. The lowest BCUT2D eigenvalue weighted by atomic mass is 9.91. The highest BCUT2D eigenvalue weighted by atomic mass is 32.2. The van der Waals surface area contributed by atoms with Crippen LogP contribution in [0, 0.1) is 11.8 Å². The average molecular weight is 410 g/mol. The molecule has 1 aliphatic heterocycles. The zero-order valence-electron chi connectivity index (χ0n) is 13.8. The number of sulfonamides is 1. The summed E-state index contributed by atoms with van der Waals surface area (Å²) in [7, 11) is -4.02. The van der Waals surface area contributed by atoms with Crippen molar-refractivity contribution in [1.82, 2.24) is 4.31 Å².